The van der Waals surface area contributed by atoms with E-state index >= 15 is 0 Å². The van der Waals surface area contributed by atoms with Gasteiger partial charge in [0.15, 0.2) is 0 Å². The smallest absolute Gasteiger partial charge is 0.0547 e. The lowest BCUT2D eigenvalue weighted by Gasteiger charge is -2.61. The van der Waals surface area contributed by atoms with Gasteiger partial charge in [0.25, 0.3) is 0 Å². The van der Waals surface area contributed by atoms with Crippen LogP contribution in [-0.2, 0) is 6.42 Å². The van der Waals surface area contributed by atoms with Gasteiger partial charge in [-0.2, -0.15) is 0 Å². The van der Waals surface area contributed by atoms with E-state index in [4.69, 9.17) is 0 Å². The Morgan fingerprint density at radius 1 is 1.04 bits per heavy atom. The number of hydrogen-bond donors (Lipinski definition) is 2. The van der Waals surface area contributed by atoms with Crippen LogP contribution in [-0.4, -0.2) is 40.5 Å². The number of benzene rings is 1. The Balaban J connectivity index is 0.00000131. The topological polar surface area (TPSA) is 62.6 Å². The molecule has 2 unspecified atom stereocenters. The first kappa shape index (κ1) is 14.9. The van der Waals surface area contributed by atoms with Crippen molar-refractivity contribution in [3.63, 3.8) is 0 Å². The fourth-order valence-electron chi connectivity index (χ4n) is 6.48. The average Bonchev–Trinajstić information content (AvgIpc) is 3.01. The van der Waals surface area contributed by atoms with Gasteiger partial charge in [0.2, 0.25) is 0 Å². The minimum atomic E-state index is 0. The first-order valence-electron chi connectivity index (χ1n) is 9.50. The maximum atomic E-state index is 3.91. The molecule has 0 radical (unpaired) electrons. The normalized spacial score (nSPS) is 37.4. The average molecular weight is 325 g/mol. The number of para-hydroxylation sites is 1. The summed E-state index contributed by atoms with van der Waals surface area (Å²) in [5, 5.41) is 5.38. The molecule has 7 rings (SSSR count). The van der Waals surface area contributed by atoms with E-state index < -0.39 is 0 Å². The Morgan fingerprint density at radius 3 is 2.92 bits per heavy atom. The van der Waals surface area contributed by atoms with Crippen molar-refractivity contribution >= 4 is 10.9 Å². The van der Waals surface area contributed by atoms with E-state index in [1.807, 2.05) is 0 Å². The maximum Gasteiger partial charge on any atom is 0.0547 e. The van der Waals surface area contributed by atoms with Gasteiger partial charge in [-0.1, -0.05) is 18.2 Å². The van der Waals surface area contributed by atoms with Crippen LogP contribution in [0.3, 0.4) is 0 Å². The summed E-state index contributed by atoms with van der Waals surface area (Å²) in [5.74, 6) is 1.71. The molecule has 5 atom stereocenters. The molecule has 5 heterocycles. The summed E-state index contributed by atoms with van der Waals surface area (Å²) in [5.41, 5.74) is 4.51. The number of aromatic nitrogens is 1. The third kappa shape index (κ3) is 1.79. The molecule has 1 aliphatic carbocycles. The molecule has 2 aromatic rings. The van der Waals surface area contributed by atoms with Crippen LogP contribution in [0.25, 0.3) is 10.9 Å². The van der Waals surface area contributed by atoms with E-state index in [1.54, 1.807) is 11.3 Å². The van der Waals surface area contributed by atoms with Crippen LogP contribution in [0.5, 0.6) is 0 Å². The van der Waals surface area contributed by atoms with Crippen molar-refractivity contribution in [1.29, 1.82) is 0 Å². The van der Waals surface area contributed by atoms with Crippen molar-refractivity contribution in [3.05, 3.63) is 35.5 Å². The van der Waals surface area contributed by atoms with Crippen LogP contribution in [0.4, 0.5) is 0 Å². The molecular formula is C20H27N3O. The standard InChI is InChI=1S/C20H25N3.H2O/c1-2-6-16-12(4-1)13-9-11-23-17-8-7-15(20(23)19(13)22-16)18-14(17)5-3-10-21-18;/h1-2,4,6,14-15,17-18,20-22H,3,5,7-11H2;1H2/t14-,15?,17?,18-,20-;/m1./s1. The SMILES string of the molecule is O.c1ccc2c3c([nH]c2c1)[C@H]1C2CCC([C@H]4CCCN[C@@H]24)N1CC3. The molecular weight excluding hydrogens is 298 g/mol. The summed E-state index contributed by atoms with van der Waals surface area (Å²) in [4.78, 5) is 6.72. The van der Waals surface area contributed by atoms with Crippen LogP contribution in [0.15, 0.2) is 24.3 Å². The summed E-state index contributed by atoms with van der Waals surface area (Å²) in [6, 6.07) is 11.1. The van der Waals surface area contributed by atoms with Crippen LogP contribution in [0, 0.1) is 11.8 Å². The molecule has 0 spiro atoms. The van der Waals surface area contributed by atoms with Crippen molar-refractivity contribution in [2.75, 3.05) is 13.1 Å². The summed E-state index contributed by atoms with van der Waals surface area (Å²) in [6.07, 6.45) is 6.89. The lowest BCUT2D eigenvalue weighted by atomic mass is 9.61. The molecule has 24 heavy (non-hydrogen) atoms. The molecule has 4 N–H and O–H groups in total. The minimum absolute atomic E-state index is 0. The van der Waals surface area contributed by atoms with Crippen molar-refractivity contribution in [3.8, 4) is 0 Å². The van der Waals surface area contributed by atoms with E-state index in [-0.39, 0.29) is 5.48 Å². The minimum Gasteiger partial charge on any atom is -0.412 e. The predicted octanol–water partition coefficient (Wildman–Crippen LogP) is 2.40. The number of H-pyrrole nitrogens is 1. The van der Waals surface area contributed by atoms with E-state index in [2.05, 4.69) is 39.5 Å². The molecule has 128 valence electrons. The molecule has 4 fully saturated rings. The Bertz CT molecular complexity index is 769. The lowest BCUT2D eigenvalue weighted by molar-refractivity contribution is -0.0920. The van der Waals surface area contributed by atoms with Gasteiger partial charge in [-0.3, -0.25) is 4.90 Å². The van der Waals surface area contributed by atoms with Gasteiger partial charge in [0, 0.05) is 35.2 Å². The van der Waals surface area contributed by atoms with Gasteiger partial charge < -0.3 is 15.8 Å². The highest BCUT2D eigenvalue weighted by Crippen LogP contribution is 2.54. The van der Waals surface area contributed by atoms with Gasteiger partial charge in [-0.25, -0.2) is 0 Å². The van der Waals surface area contributed by atoms with E-state index in [1.165, 1.54) is 56.1 Å². The largest absolute Gasteiger partial charge is 0.412 e. The summed E-state index contributed by atoms with van der Waals surface area (Å²) in [6.45, 7) is 2.50. The highest BCUT2D eigenvalue weighted by molar-refractivity contribution is 5.85. The number of fused-ring (bicyclic) bond motifs is 4. The lowest BCUT2D eigenvalue weighted by Crippen LogP contribution is -2.67. The number of hydrogen-bond acceptors (Lipinski definition) is 2. The Morgan fingerprint density at radius 2 is 1.96 bits per heavy atom. The highest BCUT2D eigenvalue weighted by atomic mass is 16.0. The molecule has 4 aliphatic heterocycles. The summed E-state index contributed by atoms with van der Waals surface area (Å²) < 4.78 is 0. The molecule has 4 heteroatoms. The van der Waals surface area contributed by atoms with Crippen molar-refractivity contribution < 1.29 is 5.48 Å². The third-order valence-electron chi connectivity index (χ3n) is 7.26. The second-order valence-electron chi connectivity index (χ2n) is 8.09. The first-order valence-corrected chi connectivity index (χ1v) is 9.50. The first-order chi connectivity index (χ1) is 11.4. The van der Waals surface area contributed by atoms with Crippen LogP contribution in [0.2, 0.25) is 0 Å². The second kappa shape index (κ2) is 5.32. The fraction of sp³-hybridized carbons (Fsp3) is 0.600. The second-order valence-corrected chi connectivity index (χ2v) is 8.09. The van der Waals surface area contributed by atoms with E-state index in [0.29, 0.717) is 6.04 Å². The fourth-order valence-corrected chi connectivity index (χ4v) is 6.48. The van der Waals surface area contributed by atoms with Crippen LogP contribution in [0.1, 0.15) is 43.0 Å². The van der Waals surface area contributed by atoms with Crippen LogP contribution >= 0.6 is 0 Å². The number of rotatable bonds is 0. The zero-order valence-corrected chi connectivity index (χ0v) is 14.1. The van der Waals surface area contributed by atoms with Gasteiger partial charge in [0.1, 0.15) is 0 Å². The monoisotopic (exact) mass is 325 g/mol. The molecule has 5 aliphatic rings. The van der Waals surface area contributed by atoms with E-state index in [0.717, 1.165) is 23.9 Å². The zero-order chi connectivity index (χ0) is 15.0. The van der Waals surface area contributed by atoms with Gasteiger partial charge in [0.05, 0.1) is 6.04 Å². The number of piperidine rings is 3. The number of aromatic amines is 1. The third-order valence-corrected chi connectivity index (χ3v) is 7.26. The van der Waals surface area contributed by atoms with Gasteiger partial charge in [-0.15, -0.1) is 0 Å². The van der Waals surface area contributed by atoms with Gasteiger partial charge >= 0.3 is 0 Å². The molecule has 1 aromatic carbocycles. The molecule has 2 bridgehead atoms. The Labute approximate surface area is 142 Å². The highest BCUT2D eigenvalue weighted by Gasteiger charge is 2.55. The van der Waals surface area contributed by atoms with Crippen molar-refractivity contribution in [2.45, 2.75) is 50.2 Å². The summed E-state index contributed by atoms with van der Waals surface area (Å²) >= 11 is 0. The predicted molar refractivity (Wildman–Crippen MR) is 96.1 cm³/mol. The van der Waals surface area contributed by atoms with Crippen molar-refractivity contribution in [1.82, 2.24) is 15.2 Å². The maximum absolute atomic E-state index is 3.91. The Hall–Kier alpha value is -1.36. The van der Waals surface area contributed by atoms with E-state index in [9.17, 15) is 0 Å². The quantitative estimate of drug-likeness (QED) is 0.781. The Kier molecular flexibility index (Phi) is 3.31. The van der Waals surface area contributed by atoms with Crippen molar-refractivity contribution in [2.24, 2.45) is 11.8 Å². The molecule has 1 saturated carbocycles. The molecule has 0 amide bonds. The number of nitrogens with one attached hydrogen (secondary N) is 2. The summed E-state index contributed by atoms with van der Waals surface area (Å²) in [7, 11) is 0. The zero-order valence-electron chi connectivity index (χ0n) is 14.1. The van der Waals surface area contributed by atoms with Crippen LogP contribution < -0.4 is 5.32 Å². The number of nitrogens with zero attached hydrogens (tertiary/aromatic N) is 1. The molecule has 4 nitrogen and oxygen atoms in total. The molecule has 1 aromatic heterocycles. The molecule has 3 saturated heterocycles. The van der Waals surface area contributed by atoms with Gasteiger partial charge in [-0.05, 0) is 62.1 Å².